The van der Waals surface area contributed by atoms with Gasteiger partial charge >= 0.3 is 5.97 Å². The summed E-state index contributed by atoms with van der Waals surface area (Å²) in [6, 6.07) is 9.26. The van der Waals surface area contributed by atoms with Gasteiger partial charge in [-0.2, -0.15) is 0 Å². The summed E-state index contributed by atoms with van der Waals surface area (Å²) in [5.74, 6) is -1.01. The van der Waals surface area contributed by atoms with Gasteiger partial charge in [0.25, 0.3) is 5.91 Å². The van der Waals surface area contributed by atoms with Crippen LogP contribution in [-0.4, -0.2) is 30.6 Å². The zero-order chi connectivity index (χ0) is 19.3. The van der Waals surface area contributed by atoms with Crippen molar-refractivity contribution in [3.8, 4) is 5.75 Å². The smallest absolute Gasteiger partial charge is 0.322 e. The number of halogens is 2. The molecule has 1 amide bonds. The average Bonchev–Trinajstić information content (AvgIpc) is 2.58. The number of benzene rings is 2. The summed E-state index contributed by atoms with van der Waals surface area (Å²) in [5, 5.41) is 14.1. The Morgan fingerprint density at radius 2 is 1.77 bits per heavy atom. The highest BCUT2D eigenvalue weighted by molar-refractivity contribution is 9.11. The second kappa shape index (κ2) is 9.05. The zero-order valence-corrected chi connectivity index (χ0v) is 17.4. The summed E-state index contributed by atoms with van der Waals surface area (Å²) >= 11 is 6.80. The van der Waals surface area contributed by atoms with Crippen molar-refractivity contribution in [3.63, 3.8) is 0 Å². The van der Waals surface area contributed by atoms with Crippen LogP contribution in [0.2, 0.25) is 0 Å². The van der Waals surface area contributed by atoms with Crippen LogP contribution in [0.4, 0.5) is 5.69 Å². The van der Waals surface area contributed by atoms with Gasteiger partial charge in [-0.05, 0) is 74.2 Å². The minimum Gasteiger partial charge on any atom is -0.487 e. The standard InChI is InChI=1S/C18H18Br2N2O4/c1-10-3-11(5-13(4-10)21-2)9-26-17-14(19)6-12(7-15(17)20)18(25)22-8-16(23)24/h3-7,21H,8-9H2,1-2H3,(H,22,25)(H,23,24). The molecule has 0 bridgehead atoms. The molecule has 0 unspecified atom stereocenters. The predicted octanol–water partition coefficient (Wildman–Crippen LogP) is 3.96. The largest absolute Gasteiger partial charge is 0.487 e. The van der Waals surface area contributed by atoms with E-state index in [1.807, 2.05) is 32.2 Å². The van der Waals surface area contributed by atoms with E-state index in [-0.39, 0.29) is 0 Å². The van der Waals surface area contributed by atoms with Crippen LogP contribution >= 0.6 is 31.9 Å². The third-order valence-electron chi connectivity index (χ3n) is 3.47. The van der Waals surface area contributed by atoms with E-state index >= 15 is 0 Å². The molecule has 0 aliphatic heterocycles. The van der Waals surface area contributed by atoms with Gasteiger partial charge in [-0.1, -0.05) is 6.07 Å². The number of carboxylic acid groups (broad SMARTS) is 1. The number of nitrogens with one attached hydrogen (secondary N) is 2. The number of hydrogen-bond donors (Lipinski definition) is 3. The van der Waals surface area contributed by atoms with E-state index in [1.54, 1.807) is 12.1 Å². The molecular weight excluding hydrogens is 468 g/mol. The molecule has 26 heavy (non-hydrogen) atoms. The van der Waals surface area contributed by atoms with Gasteiger partial charge in [0.05, 0.1) is 8.95 Å². The molecule has 0 atom stereocenters. The second-order valence-electron chi connectivity index (χ2n) is 5.59. The fourth-order valence-electron chi connectivity index (χ4n) is 2.33. The van der Waals surface area contributed by atoms with Crippen molar-refractivity contribution in [2.45, 2.75) is 13.5 Å². The highest BCUT2D eigenvalue weighted by Gasteiger charge is 2.14. The fraction of sp³-hybridized carbons (Fsp3) is 0.222. The molecule has 0 saturated heterocycles. The topological polar surface area (TPSA) is 87.7 Å². The summed E-state index contributed by atoms with van der Waals surface area (Å²) in [6.45, 7) is 1.94. The normalized spacial score (nSPS) is 10.3. The van der Waals surface area contributed by atoms with Gasteiger partial charge < -0.3 is 20.5 Å². The van der Waals surface area contributed by atoms with Gasteiger partial charge in [0, 0.05) is 18.3 Å². The van der Waals surface area contributed by atoms with Crippen LogP contribution in [0.25, 0.3) is 0 Å². The van der Waals surface area contributed by atoms with Crippen LogP contribution in [0.3, 0.4) is 0 Å². The van der Waals surface area contributed by atoms with Gasteiger partial charge in [-0.3, -0.25) is 9.59 Å². The third-order valence-corrected chi connectivity index (χ3v) is 4.65. The highest BCUT2D eigenvalue weighted by Crippen LogP contribution is 2.35. The number of carbonyl (C=O) groups excluding carboxylic acids is 1. The summed E-state index contributed by atoms with van der Waals surface area (Å²) in [7, 11) is 1.86. The van der Waals surface area contributed by atoms with Crippen LogP contribution in [0.1, 0.15) is 21.5 Å². The van der Waals surface area contributed by atoms with Crippen LogP contribution in [0.5, 0.6) is 5.75 Å². The molecule has 0 aliphatic carbocycles. The Morgan fingerprint density at radius 1 is 1.12 bits per heavy atom. The Hall–Kier alpha value is -2.06. The molecule has 0 saturated carbocycles. The number of anilines is 1. The van der Waals surface area contributed by atoms with Crippen molar-refractivity contribution < 1.29 is 19.4 Å². The van der Waals surface area contributed by atoms with E-state index < -0.39 is 18.4 Å². The lowest BCUT2D eigenvalue weighted by molar-refractivity contribution is -0.135. The Morgan fingerprint density at radius 3 is 2.35 bits per heavy atom. The SMILES string of the molecule is CNc1cc(C)cc(COc2c(Br)cc(C(=O)NCC(=O)O)cc2Br)c1. The average molecular weight is 486 g/mol. The van der Waals surface area contributed by atoms with E-state index in [0.29, 0.717) is 26.9 Å². The van der Waals surface area contributed by atoms with E-state index in [1.165, 1.54) is 0 Å². The molecule has 138 valence electrons. The molecular formula is C18H18Br2N2O4. The van der Waals surface area contributed by atoms with E-state index in [4.69, 9.17) is 9.84 Å². The van der Waals surface area contributed by atoms with E-state index in [9.17, 15) is 9.59 Å². The number of carboxylic acids is 1. The van der Waals surface area contributed by atoms with Crippen LogP contribution in [-0.2, 0) is 11.4 Å². The van der Waals surface area contributed by atoms with Gasteiger partial charge in [-0.15, -0.1) is 0 Å². The first-order valence-corrected chi connectivity index (χ1v) is 9.29. The maximum atomic E-state index is 12.0. The molecule has 2 aromatic rings. The second-order valence-corrected chi connectivity index (χ2v) is 7.30. The quantitative estimate of drug-likeness (QED) is 0.552. The first kappa shape index (κ1) is 20.3. The molecule has 2 aromatic carbocycles. The Kier molecular flexibility index (Phi) is 7.05. The van der Waals surface area contributed by atoms with Gasteiger partial charge in [0.1, 0.15) is 18.9 Å². The predicted molar refractivity (Wildman–Crippen MR) is 107 cm³/mol. The first-order valence-electron chi connectivity index (χ1n) is 7.70. The van der Waals surface area contributed by atoms with Crippen molar-refractivity contribution in [1.29, 1.82) is 0 Å². The van der Waals surface area contributed by atoms with Crippen LogP contribution in [0, 0.1) is 6.92 Å². The van der Waals surface area contributed by atoms with Crippen molar-refractivity contribution in [1.82, 2.24) is 5.32 Å². The Balaban J connectivity index is 2.14. The minimum atomic E-state index is -1.10. The molecule has 0 spiro atoms. The minimum absolute atomic E-state index is 0.324. The molecule has 0 aliphatic rings. The van der Waals surface area contributed by atoms with Crippen molar-refractivity contribution in [2.24, 2.45) is 0 Å². The van der Waals surface area contributed by atoms with E-state index in [2.05, 4.69) is 42.5 Å². The number of carbonyl (C=O) groups is 2. The molecule has 0 heterocycles. The number of ether oxygens (including phenoxy) is 1. The van der Waals surface area contributed by atoms with Gasteiger partial charge in [0.2, 0.25) is 0 Å². The lowest BCUT2D eigenvalue weighted by Gasteiger charge is -2.13. The van der Waals surface area contributed by atoms with Crippen LogP contribution in [0.15, 0.2) is 39.3 Å². The first-order chi connectivity index (χ1) is 12.3. The van der Waals surface area contributed by atoms with Gasteiger partial charge in [0.15, 0.2) is 0 Å². The Labute approximate surface area is 168 Å². The molecule has 8 heteroatoms. The maximum Gasteiger partial charge on any atom is 0.322 e. The summed E-state index contributed by atoms with van der Waals surface area (Å²) in [4.78, 5) is 22.5. The third kappa shape index (κ3) is 5.47. The molecule has 0 radical (unpaired) electrons. The maximum absolute atomic E-state index is 12.0. The molecule has 6 nitrogen and oxygen atoms in total. The fourth-order valence-corrected chi connectivity index (χ4v) is 3.75. The number of rotatable bonds is 7. The lowest BCUT2D eigenvalue weighted by Crippen LogP contribution is -2.29. The summed E-state index contributed by atoms with van der Waals surface area (Å²) in [5.41, 5.74) is 3.47. The summed E-state index contributed by atoms with van der Waals surface area (Å²) in [6.07, 6.45) is 0. The highest BCUT2D eigenvalue weighted by atomic mass is 79.9. The molecule has 2 rings (SSSR count). The summed E-state index contributed by atoms with van der Waals surface area (Å²) < 4.78 is 7.08. The molecule has 0 aromatic heterocycles. The molecule has 0 fully saturated rings. The number of hydrogen-bond acceptors (Lipinski definition) is 4. The van der Waals surface area contributed by atoms with E-state index in [0.717, 1.165) is 16.8 Å². The van der Waals surface area contributed by atoms with Gasteiger partial charge in [-0.25, -0.2) is 0 Å². The van der Waals surface area contributed by atoms with Crippen molar-refractivity contribution >= 4 is 49.4 Å². The molecule has 3 N–H and O–H groups in total. The zero-order valence-electron chi connectivity index (χ0n) is 14.2. The number of aryl methyl sites for hydroxylation is 1. The van der Waals surface area contributed by atoms with Crippen LogP contribution < -0.4 is 15.4 Å². The number of aliphatic carboxylic acids is 1. The van der Waals surface area contributed by atoms with Crippen molar-refractivity contribution in [3.05, 3.63) is 56.0 Å². The number of amides is 1. The lowest BCUT2D eigenvalue weighted by atomic mass is 10.1. The Bertz CT molecular complexity index is 817. The monoisotopic (exact) mass is 484 g/mol. The van der Waals surface area contributed by atoms with Crippen molar-refractivity contribution in [2.75, 3.05) is 18.9 Å².